The van der Waals surface area contributed by atoms with Crippen molar-refractivity contribution in [2.24, 2.45) is 5.92 Å². The van der Waals surface area contributed by atoms with Crippen LogP contribution in [-0.2, 0) is 9.53 Å². The lowest BCUT2D eigenvalue weighted by Crippen LogP contribution is -2.49. The highest BCUT2D eigenvalue weighted by Crippen LogP contribution is 2.21. The molecule has 5 nitrogen and oxygen atoms in total. The zero-order valence-electron chi connectivity index (χ0n) is 15.2. The second-order valence-corrected chi connectivity index (χ2v) is 7.66. The van der Waals surface area contributed by atoms with Gasteiger partial charge in [0.15, 0.2) is 0 Å². The van der Waals surface area contributed by atoms with Gasteiger partial charge in [0.1, 0.15) is 0 Å². The Morgan fingerprint density at radius 1 is 1.30 bits per heavy atom. The van der Waals surface area contributed by atoms with Gasteiger partial charge in [-0.1, -0.05) is 33.1 Å². The van der Waals surface area contributed by atoms with Crippen LogP contribution in [0.1, 0.15) is 46.0 Å². The Morgan fingerprint density at radius 2 is 2.04 bits per heavy atom. The molecule has 1 saturated heterocycles. The van der Waals surface area contributed by atoms with Crippen LogP contribution in [0.25, 0.3) is 0 Å². The molecule has 1 heterocycles. The number of rotatable bonds is 7. The van der Waals surface area contributed by atoms with E-state index in [0.29, 0.717) is 25.0 Å². The number of morpholine rings is 1. The topological polar surface area (TPSA) is 44.8 Å². The smallest absolute Gasteiger partial charge is 0.234 e. The SMILES string of the molecule is CC(C)CN1CCOC(CNC(=O)CN(C)C2CCCCC2)C1. The Morgan fingerprint density at radius 3 is 2.74 bits per heavy atom. The van der Waals surface area contributed by atoms with E-state index in [1.165, 1.54) is 32.1 Å². The van der Waals surface area contributed by atoms with Crippen LogP contribution in [0.15, 0.2) is 0 Å². The summed E-state index contributed by atoms with van der Waals surface area (Å²) in [4.78, 5) is 16.8. The molecule has 0 aromatic carbocycles. The maximum Gasteiger partial charge on any atom is 0.234 e. The first kappa shape index (κ1) is 18.7. The van der Waals surface area contributed by atoms with Crippen molar-refractivity contribution in [2.45, 2.75) is 58.1 Å². The lowest BCUT2D eigenvalue weighted by molar-refractivity contribution is -0.123. The van der Waals surface area contributed by atoms with E-state index >= 15 is 0 Å². The highest BCUT2D eigenvalue weighted by Gasteiger charge is 2.23. The predicted molar refractivity (Wildman–Crippen MR) is 93.5 cm³/mol. The van der Waals surface area contributed by atoms with Crippen molar-refractivity contribution in [2.75, 3.05) is 46.4 Å². The van der Waals surface area contributed by atoms with Gasteiger partial charge in [-0.15, -0.1) is 0 Å². The molecule has 2 fully saturated rings. The minimum Gasteiger partial charge on any atom is -0.374 e. The number of carbonyl (C=O) groups excluding carboxylic acids is 1. The van der Waals surface area contributed by atoms with E-state index in [4.69, 9.17) is 4.74 Å². The minimum absolute atomic E-state index is 0.127. The second kappa shape index (κ2) is 9.60. The molecule has 1 unspecified atom stereocenters. The average Bonchev–Trinajstić information content (AvgIpc) is 2.53. The molecule has 1 amide bonds. The molecule has 0 bridgehead atoms. The van der Waals surface area contributed by atoms with Gasteiger partial charge in [0.05, 0.1) is 19.3 Å². The monoisotopic (exact) mass is 325 g/mol. The summed E-state index contributed by atoms with van der Waals surface area (Å²) in [7, 11) is 2.08. The molecule has 0 spiro atoms. The van der Waals surface area contributed by atoms with E-state index in [1.807, 2.05) is 0 Å². The molecular formula is C18H35N3O2. The van der Waals surface area contributed by atoms with Crippen molar-refractivity contribution >= 4 is 5.91 Å². The molecule has 23 heavy (non-hydrogen) atoms. The summed E-state index contributed by atoms with van der Waals surface area (Å²) in [5.41, 5.74) is 0. The van der Waals surface area contributed by atoms with E-state index in [2.05, 4.69) is 36.0 Å². The first-order chi connectivity index (χ1) is 11.0. The number of hydrogen-bond donors (Lipinski definition) is 1. The van der Waals surface area contributed by atoms with Crippen molar-refractivity contribution in [1.29, 1.82) is 0 Å². The van der Waals surface area contributed by atoms with Crippen LogP contribution in [0.5, 0.6) is 0 Å². The zero-order chi connectivity index (χ0) is 16.7. The van der Waals surface area contributed by atoms with Gasteiger partial charge in [0.25, 0.3) is 0 Å². The number of amides is 1. The molecule has 2 aliphatic rings. The highest BCUT2D eigenvalue weighted by molar-refractivity contribution is 5.78. The molecular weight excluding hydrogens is 290 g/mol. The molecule has 1 N–H and O–H groups in total. The molecule has 1 aliphatic carbocycles. The van der Waals surface area contributed by atoms with Gasteiger partial charge in [-0.05, 0) is 25.8 Å². The number of likely N-dealkylation sites (N-methyl/N-ethyl adjacent to an activating group) is 1. The van der Waals surface area contributed by atoms with Crippen LogP contribution in [0, 0.1) is 5.92 Å². The normalized spacial score (nSPS) is 24.3. The van der Waals surface area contributed by atoms with Crippen LogP contribution in [-0.4, -0.2) is 74.2 Å². The number of hydrogen-bond acceptors (Lipinski definition) is 4. The number of nitrogens with one attached hydrogen (secondary N) is 1. The van der Waals surface area contributed by atoms with E-state index < -0.39 is 0 Å². The van der Waals surface area contributed by atoms with Crippen LogP contribution in [0.4, 0.5) is 0 Å². The minimum atomic E-state index is 0.127. The number of nitrogens with zero attached hydrogens (tertiary/aromatic N) is 2. The Labute approximate surface area is 141 Å². The van der Waals surface area contributed by atoms with Gasteiger partial charge in [-0.25, -0.2) is 0 Å². The van der Waals surface area contributed by atoms with Gasteiger partial charge in [-0.2, -0.15) is 0 Å². The third-order valence-electron chi connectivity index (χ3n) is 4.96. The van der Waals surface area contributed by atoms with Crippen LogP contribution >= 0.6 is 0 Å². The van der Waals surface area contributed by atoms with Crippen LogP contribution in [0.3, 0.4) is 0 Å². The van der Waals surface area contributed by atoms with E-state index in [0.717, 1.165) is 26.2 Å². The number of carbonyl (C=O) groups is 1. The van der Waals surface area contributed by atoms with Gasteiger partial charge >= 0.3 is 0 Å². The summed E-state index contributed by atoms with van der Waals surface area (Å²) >= 11 is 0. The molecule has 1 aliphatic heterocycles. The Kier molecular flexibility index (Phi) is 7.80. The summed E-state index contributed by atoms with van der Waals surface area (Å²) in [5, 5.41) is 3.06. The second-order valence-electron chi connectivity index (χ2n) is 7.66. The van der Waals surface area contributed by atoms with Gasteiger partial charge < -0.3 is 10.1 Å². The average molecular weight is 325 g/mol. The summed E-state index contributed by atoms with van der Waals surface area (Å²) in [6, 6.07) is 0.585. The lowest BCUT2D eigenvalue weighted by atomic mass is 9.94. The molecule has 0 radical (unpaired) electrons. The molecule has 0 aromatic rings. The largest absolute Gasteiger partial charge is 0.374 e. The molecule has 2 rings (SSSR count). The predicted octanol–water partition coefficient (Wildman–Crippen LogP) is 1.72. The summed E-state index contributed by atoms with van der Waals surface area (Å²) in [6.07, 6.45) is 6.56. The Bertz CT molecular complexity index is 356. The zero-order valence-corrected chi connectivity index (χ0v) is 15.2. The van der Waals surface area contributed by atoms with Crippen molar-refractivity contribution in [3.8, 4) is 0 Å². The molecule has 1 saturated carbocycles. The standard InChI is InChI=1S/C18H35N3O2/c1-15(2)12-21-9-10-23-17(13-21)11-19-18(22)14-20(3)16-7-5-4-6-8-16/h15-17H,4-14H2,1-3H3,(H,19,22). The third kappa shape index (κ3) is 6.77. The van der Waals surface area contributed by atoms with Crippen molar-refractivity contribution in [3.05, 3.63) is 0 Å². The molecule has 5 heteroatoms. The van der Waals surface area contributed by atoms with Gasteiger partial charge in [0.2, 0.25) is 5.91 Å². The fourth-order valence-corrected chi connectivity index (χ4v) is 3.75. The third-order valence-corrected chi connectivity index (χ3v) is 4.96. The number of ether oxygens (including phenoxy) is 1. The maximum absolute atomic E-state index is 12.2. The maximum atomic E-state index is 12.2. The molecule has 0 aromatic heterocycles. The lowest BCUT2D eigenvalue weighted by Gasteiger charge is -2.34. The van der Waals surface area contributed by atoms with Gasteiger partial charge in [0, 0.05) is 32.2 Å². The van der Waals surface area contributed by atoms with E-state index in [-0.39, 0.29) is 12.0 Å². The Balaban J connectivity index is 1.65. The summed E-state index contributed by atoms with van der Waals surface area (Å²) in [5.74, 6) is 0.801. The first-order valence-corrected chi connectivity index (χ1v) is 9.35. The van der Waals surface area contributed by atoms with E-state index in [1.54, 1.807) is 0 Å². The van der Waals surface area contributed by atoms with Crippen molar-refractivity contribution in [1.82, 2.24) is 15.1 Å². The highest BCUT2D eigenvalue weighted by atomic mass is 16.5. The molecule has 134 valence electrons. The fourth-order valence-electron chi connectivity index (χ4n) is 3.75. The fraction of sp³-hybridized carbons (Fsp3) is 0.944. The Hall–Kier alpha value is -0.650. The van der Waals surface area contributed by atoms with Crippen LogP contribution < -0.4 is 5.32 Å². The van der Waals surface area contributed by atoms with Crippen LogP contribution in [0.2, 0.25) is 0 Å². The quantitative estimate of drug-likeness (QED) is 0.774. The van der Waals surface area contributed by atoms with E-state index in [9.17, 15) is 4.79 Å². The van der Waals surface area contributed by atoms with Crippen molar-refractivity contribution in [3.63, 3.8) is 0 Å². The van der Waals surface area contributed by atoms with Gasteiger partial charge in [-0.3, -0.25) is 14.6 Å². The summed E-state index contributed by atoms with van der Waals surface area (Å²) in [6.45, 7) is 9.44. The van der Waals surface area contributed by atoms with Crippen molar-refractivity contribution < 1.29 is 9.53 Å². The summed E-state index contributed by atoms with van der Waals surface area (Å²) < 4.78 is 5.79. The molecule has 1 atom stereocenters. The first-order valence-electron chi connectivity index (χ1n) is 9.35.